The first-order chi connectivity index (χ1) is 8.89. The summed E-state index contributed by atoms with van der Waals surface area (Å²) in [7, 11) is 0. The third-order valence-corrected chi connectivity index (χ3v) is 3.75. The first-order valence-electron chi connectivity index (χ1n) is 6.18. The van der Waals surface area contributed by atoms with Crippen LogP contribution in [0.15, 0.2) is 0 Å². The van der Waals surface area contributed by atoms with Crippen LogP contribution in [-0.2, 0) is 9.53 Å². The maximum Gasteiger partial charge on any atom is 0.411 e. The predicted octanol–water partition coefficient (Wildman–Crippen LogP) is 2.26. The summed E-state index contributed by atoms with van der Waals surface area (Å²) < 4.78 is 44.1. The van der Waals surface area contributed by atoms with E-state index in [9.17, 15) is 22.8 Å². The third kappa shape index (κ3) is 2.20. The van der Waals surface area contributed by atoms with Gasteiger partial charge < -0.3 is 9.84 Å². The molecule has 0 aromatic carbocycles. The molecule has 1 aliphatic carbocycles. The molecule has 1 saturated carbocycles. The highest BCUT2D eigenvalue weighted by molar-refractivity contribution is 5.82. The number of amides is 1. The molecule has 0 unspecified atom stereocenters. The lowest BCUT2D eigenvalue weighted by atomic mass is 10.0. The van der Waals surface area contributed by atoms with Gasteiger partial charge in [0.1, 0.15) is 11.6 Å². The Bertz CT molecular complexity index is 457. The predicted molar refractivity (Wildman–Crippen MR) is 61.0 cm³/mol. The Morgan fingerprint density at radius 2 is 1.85 bits per heavy atom. The Balaban J connectivity index is 2.22. The SMILES string of the molecule is CC(C)(C)OC(=O)N1C[C@]2(C(F)(F)F)C[C@@H]2[C@@H]1C(=O)O. The highest BCUT2D eigenvalue weighted by Crippen LogP contribution is 2.68. The van der Waals surface area contributed by atoms with Gasteiger partial charge in [0.25, 0.3) is 0 Å². The maximum atomic E-state index is 13.0. The fourth-order valence-corrected chi connectivity index (χ4v) is 2.77. The maximum absolute atomic E-state index is 13.0. The van der Waals surface area contributed by atoms with Crippen molar-refractivity contribution >= 4 is 12.1 Å². The minimum Gasteiger partial charge on any atom is -0.480 e. The van der Waals surface area contributed by atoms with E-state index >= 15 is 0 Å². The number of halogens is 3. The average Bonchev–Trinajstić information content (AvgIpc) is 2.81. The molecule has 1 amide bonds. The van der Waals surface area contributed by atoms with Crippen molar-refractivity contribution in [2.45, 2.75) is 45.0 Å². The average molecular weight is 295 g/mol. The van der Waals surface area contributed by atoms with Crippen molar-refractivity contribution in [2.24, 2.45) is 11.3 Å². The van der Waals surface area contributed by atoms with Crippen LogP contribution in [0.2, 0.25) is 0 Å². The number of likely N-dealkylation sites (tertiary alicyclic amines) is 1. The third-order valence-electron chi connectivity index (χ3n) is 3.75. The molecule has 1 aliphatic heterocycles. The number of rotatable bonds is 1. The number of fused-ring (bicyclic) bond motifs is 1. The van der Waals surface area contributed by atoms with Crippen molar-refractivity contribution in [3.05, 3.63) is 0 Å². The van der Waals surface area contributed by atoms with Crippen molar-refractivity contribution in [3.8, 4) is 0 Å². The van der Waals surface area contributed by atoms with Crippen LogP contribution in [0.1, 0.15) is 27.2 Å². The van der Waals surface area contributed by atoms with E-state index in [0.29, 0.717) is 4.90 Å². The van der Waals surface area contributed by atoms with E-state index in [-0.39, 0.29) is 6.42 Å². The minimum atomic E-state index is -4.51. The molecular formula is C12H16F3NO4. The molecule has 1 heterocycles. The molecule has 0 aromatic heterocycles. The molecule has 114 valence electrons. The summed E-state index contributed by atoms with van der Waals surface area (Å²) in [6.45, 7) is 4.05. The summed E-state index contributed by atoms with van der Waals surface area (Å²) in [5.41, 5.74) is -2.97. The Morgan fingerprint density at radius 3 is 2.25 bits per heavy atom. The van der Waals surface area contributed by atoms with Gasteiger partial charge in [0, 0.05) is 12.5 Å². The Hall–Kier alpha value is -1.47. The molecule has 0 radical (unpaired) electrons. The van der Waals surface area contributed by atoms with E-state index in [1.54, 1.807) is 20.8 Å². The lowest BCUT2D eigenvalue weighted by molar-refractivity contribution is -0.187. The van der Waals surface area contributed by atoms with Crippen LogP contribution in [-0.4, -0.2) is 46.4 Å². The molecule has 1 N–H and O–H groups in total. The quantitative estimate of drug-likeness (QED) is 0.805. The van der Waals surface area contributed by atoms with Crippen LogP contribution in [0, 0.1) is 11.3 Å². The number of carbonyl (C=O) groups is 2. The van der Waals surface area contributed by atoms with Crippen LogP contribution in [0.25, 0.3) is 0 Å². The van der Waals surface area contributed by atoms with Crippen LogP contribution >= 0.6 is 0 Å². The fourth-order valence-electron chi connectivity index (χ4n) is 2.77. The Morgan fingerprint density at radius 1 is 1.30 bits per heavy atom. The van der Waals surface area contributed by atoms with Gasteiger partial charge in [-0.3, -0.25) is 4.90 Å². The Labute approximate surface area is 113 Å². The monoisotopic (exact) mass is 295 g/mol. The highest BCUT2D eigenvalue weighted by atomic mass is 19.4. The van der Waals surface area contributed by atoms with Gasteiger partial charge in [-0.15, -0.1) is 0 Å². The molecular weight excluding hydrogens is 279 g/mol. The second-order valence-corrected chi connectivity index (χ2v) is 6.36. The molecule has 3 atom stereocenters. The number of aliphatic carboxylic acids is 1. The van der Waals surface area contributed by atoms with Crippen molar-refractivity contribution in [1.82, 2.24) is 4.90 Å². The van der Waals surface area contributed by atoms with Crippen molar-refractivity contribution in [2.75, 3.05) is 6.54 Å². The van der Waals surface area contributed by atoms with E-state index in [1.807, 2.05) is 0 Å². The van der Waals surface area contributed by atoms with E-state index < -0.39 is 47.8 Å². The van der Waals surface area contributed by atoms with Gasteiger partial charge >= 0.3 is 18.2 Å². The van der Waals surface area contributed by atoms with Gasteiger partial charge in [-0.05, 0) is 27.2 Å². The number of alkyl halides is 3. The smallest absolute Gasteiger partial charge is 0.411 e. The van der Waals surface area contributed by atoms with E-state index in [4.69, 9.17) is 9.84 Å². The van der Waals surface area contributed by atoms with E-state index in [2.05, 4.69) is 0 Å². The molecule has 2 rings (SSSR count). The number of carboxylic acids is 1. The largest absolute Gasteiger partial charge is 0.480 e. The molecule has 0 aromatic rings. The standard InChI is InChI=1S/C12H16F3NO4/c1-10(2,3)20-9(19)16-5-11(12(13,14)15)4-6(11)7(16)8(17)18/h6-7H,4-5H2,1-3H3,(H,17,18)/t6-,7-,11-/m1/s1. The molecule has 0 spiro atoms. The number of ether oxygens (including phenoxy) is 1. The van der Waals surface area contributed by atoms with E-state index in [0.717, 1.165) is 0 Å². The molecule has 8 heteroatoms. The van der Waals surface area contributed by atoms with Gasteiger partial charge in [-0.1, -0.05) is 0 Å². The summed E-state index contributed by atoms with van der Waals surface area (Å²) in [4.78, 5) is 23.7. The molecule has 1 saturated heterocycles. The van der Waals surface area contributed by atoms with Crippen molar-refractivity contribution in [3.63, 3.8) is 0 Å². The molecule has 5 nitrogen and oxygen atoms in total. The van der Waals surface area contributed by atoms with Crippen LogP contribution < -0.4 is 0 Å². The summed E-state index contributed by atoms with van der Waals surface area (Å²) >= 11 is 0. The number of piperidine rings is 1. The van der Waals surface area contributed by atoms with Gasteiger partial charge in [-0.25, -0.2) is 9.59 Å². The van der Waals surface area contributed by atoms with Crippen LogP contribution in [0.5, 0.6) is 0 Å². The first kappa shape index (κ1) is 14.9. The normalized spacial score (nSPS) is 32.8. The van der Waals surface area contributed by atoms with Crippen molar-refractivity contribution < 1.29 is 32.6 Å². The minimum absolute atomic E-state index is 0.243. The highest BCUT2D eigenvalue weighted by Gasteiger charge is 2.79. The molecule has 0 bridgehead atoms. The topological polar surface area (TPSA) is 66.8 Å². The zero-order valence-electron chi connectivity index (χ0n) is 11.3. The van der Waals surface area contributed by atoms with Crippen molar-refractivity contribution in [1.29, 1.82) is 0 Å². The van der Waals surface area contributed by atoms with Gasteiger partial charge in [-0.2, -0.15) is 13.2 Å². The van der Waals surface area contributed by atoms with E-state index in [1.165, 1.54) is 0 Å². The number of nitrogens with zero attached hydrogens (tertiary/aromatic N) is 1. The summed E-state index contributed by atoms with van der Waals surface area (Å²) in [6.07, 6.45) is -5.77. The summed E-state index contributed by atoms with van der Waals surface area (Å²) in [6, 6.07) is -1.47. The van der Waals surface area contributed by atoms with Gasteiger partial charge in [0.15, 0.2) is 0 Å². The van der Waals surface area contributed by atoms with Gasteiger partial charge in [0.2, 0.25) is 0 Å². The fraction of sp³-hybridized carbons (Fsp3) is 0.833. The zero-order chi connectivity index (χ0) is 15.5. The second-order valence-electron chi connectivity index (χ2n) is 6.36. The first-order valence-corrected chi connectivity index (χ1v) is 6.18. The summed E-state index contributed by atoms with van der Waals surface area (Å²) in [5.74, 6) is -2.50. The van der Waals surface area contributed by atoms with Crippen LogP contribution in [0.3, 0.4) is 0 Å². The number of carbonyl (C=O) groups excluding carboxylic acids is 1. The second kappa shape index (κ2) is 4.02. The number of carboxylic acid groups (broad SMARTS) is 1. The number of hydrogen-bond acceptors (Lipinski definition) is 3. The molecule has 2 fully saturated rings. The Kier molecular flexibility index (Phi) is 3.00. The lowest BCUT2D eigenvalue weighted by Crippen LogP contribution is -2.46. The zero-order valence-corrected chi connectivity index (χ0v) is 11.3. The summed E-state index contributed by atoms with van der Waals surface area (Å²) in [5, 5.41) is 9.09. The lowest BCUT2D eigenvalue weighted by Gasteiger charge is -2.29. The molecule has 2 aliphatic rings. The number of hydrogen-bond donors (Lipinski definition) is 1. The van der Waals surface area contributed by atoms with Gasteiger partial charge in [0.05, 0.1) is 5.41 Å². The molecule has 20 heavy (non-hydrogen) atoms. The van der Waals surface area contributed by atoms with Crippen LogP contribution in [0.4, 0.5) is 18.0 Å².